The summed E-state index contributed by atoms with van der Waals surface area (Å²) in [7, 11) is 2.58. The van der Waals surface area contributed by atoms with Crippen molar-refractivity contribution in [2.45, 2.75) is 251 Å². The largest absolute Gasteiger partial charge is 0.469 e. The predicted molar refractivity (Wildman–Crippen MR) is 214 cm³/mol. The summed E-state index contributed by atoms with van der Waals surface area (Å²) in [6, 6.07) is -0.941. The van der Waals surface area contributed by atoms with Crippen LogP contribution in [0.4, 0.5) is 4.79 Å². The van der Waals surface area contributed by atoms with Gasteiger partial charge in [0.25, 0.3) is 0 Å². The molecule has 0 heterocycles. The molecule has 0 aromatic heterocycles. The molecule has 0 aliphatic rings. The highest BCUT2D eigenvalue weighted by atomic mass is 16.6. The first-order chi connectivity index (χ1) is 25.0. The number of carbonyl (C=O) groups excluding carboxylic acids is 3. The van der Waals surface area contributed by atoms with Crippen LogP contribution in [0.1, 0.15) is 239 Å². The smallest absolute Gasteiger partial charge is 0.408 e. The summed E-state index contributed by atoms with van der Waals surface area (Å²) in [5, 5.41) is 2.64. The highest BCUT2D eigenvalue weighted by molar-refractivity contribution is 5.82. The lowest BCUT2D eigenvalue weighted by Gasteiger charge is -2.21. The number of unbranched alkanes of at least 4 members (excludes halogenated alkanes) is 29. The Bertz CT molecular complexity index is 775. The molecule has 0 aromatic rings. The van der Waals surface area contributed by atoms with Gasteiger partial charge >= 0.3 is 18.0 Å². The Morgan fingerprint density at radius 2 is 0.745 bits per heavy atom. The Morgan fingerprint density at radius 1 is 0.431 bits per heavy atom. The molecular weight excluding hydrogens is 638 g/mol. The number of esters is 2. The zero-order valence-corrected chi connectivity index (χ0v) is 34.4. The summed E-state index contributed by atoms with van der Waals surface area (Å²) in [5.41, 5.74) is 0. The average Bonchev–Trinajstić information content (AvgIpc) is 3.13. The van der Waals surface area contributed by atoms with E-state index in [1.807, 2.05) is 0 Å². The van der Waals surface area contributed by atoms with Gasteiger partial charge in [-0.25, -0.2) is 9.59 Å². The molecule has 0 bridgehead atoms. The van der Waals surface area contributed by atoms with Gasteiger partial charge < -0.3 is 19.5 Å². The molecule has 0 fully saturated rings. The SMILES string of the molecule is CCCCCCCCCCCCCCCCCCC(CCCCCCCCCCCCCCCCC)OC(=O)N[C@H](CCC(=O)OC)C(=O)OC. The third-order valence-electron chi connectivity index (χ3n) is 10.4. The number of alkyl carbamates (subject to hydrolysis) is 1. The van der Waals surface area contributed by atoms with E-state index in [0.29, 0.717) is 0 Å². The Balaban J connectivity index is 4.35. The van der Waals surface area contributed by atoms with E-state index in [1.165, 1.54) is 188 Å². The third-order valence-corrected chi connectivity index (χ3v) is 10.4. The maximum absolute atomic E-state index is 12.9. The number of rotatable bonds is 39. The molecule has 7 nitrogen and oxygen atoms in total. The highest BCUT2D eigenvalue weighted by Crippen LogP contribution is 2.19. The summed E-state index contributed by atoms with van der Waals surface area (Å²) in [6.45, 7) is 4.56. The van der Waals surface area contributed by atoms with Crippen LogP contribution in [0.5, 0.6) is 0 Å². The van der Waals surface area contributed by atoms with Crippen molar-refractivity contribution in [2.75, 3.05) is 14.2 Å². The molecule has 0 saturated heterocycles. The molecule has 1 amide bonds. The van der Waals surface area contributed by atoms with Gasteiger partial charge in [0.15, 0.2) is 0 Å². The number of ether oxygens (including phenoxy) is 3. The van der Waals surface area contributed by atoms with E-state index in [9.17, 15) is 14.4 Å². The van der Waals surface area contributed by atoms with Crippen molar-refractivity contribution in [2.24, 2.45) is 0 Å². The summed E-state index contributed by atoms with van der Waals surface area (Å²) < 4.78 is 15.4. The second-order valence-corrected chi connectivity index (χ2v) is 15.2. The lowest BCUT2D eigenvalue weighted by Crippen LogP contribution is -2.43. The Labute approximate surface area is 316 Å². The minimum atomic E-state index is -0.941. The van der Waals surface area contributed by atoms with E-state index < -0.39 is 24.1 Å². The topological polar surface area (TPSA) is 90.9 Å². The first kappa shape index (κ1) is 49.2. The normalized spacial score (nSPS) is 12.4. The monoisotopic (exact) mass is 724 g/mol. The van der Waals surface area contributed by atoms with Gasteiger partial charge in [0.1, 0.15) is 12.1 Å². The van der Waals surface area contributed by atoms with Crippen LogP contribution in [0.15, 0.2) is 0 Å². The lowest BCUT2D eigenvalue weighted by atomic mass is 10.0. The minimum Gasteiger partial charge on any atom is -0.469 e. The fourth-order valence-electron chi connectivity index (χ4n) is 7.01. The Hall–Kier alpha value is -1.79. The van der Waals surface area contributed by atoms with E-state index in [-0.39, 0.29) is 18.9 Å². The lowest BCUT2D eigenvalue weighted by molar-refractivity contribution is -0.144. The van der Waals surface area contributed by atoms with E-state index >= 15 is 0 Å². The molecule has 0 saturated carbocycles. The molecule has 0 rings (SSSR count). The number of nitrogens with one attached hydrogen (secondary N) is 1. The van der Waals surface area contributed by atoms with Crippen LogP contribution in [0.3, 0.4) is 0 Å². The van der Waals surface area contributed by atoms with E-state index in [0.717, 1.165) is 38.5 Å². The van der Waals surface area contributed by atoms with Gasteiger partial charge in [-0.15, -0.1) is 0 Å². The molecule has 0 radical (unpaired) electrons. The third kappa shape index (κ3) is 35.0. The molecule has 302 valence electrons. The van der Waals surface area contributed by atoms with Crippen molar-refractivity contribution in [3.63, 3.8) is 0 Å². The molecule has 7 heteroatoms. The molecule has 51 heavy (non-hydrogen) atoms. The van der Waals surface area contributed by atoms with Crippen LogP contribution in [-0.2, 0) is 23.8 Å². The van der Waals surface area contributed by atoms with Crippen molar-refractivity contribution in [1.82, 2.24) is 5.32 Å². The Kier molecular flexibility index (Phi) is 38.0. The maximum Gasteiger partial charge on any atom is 0.408 e. The van der Waals surface area contributed by atoms with E-state index in [4.69, 9.17) is 9.47 Å². The Morgan fingerprint density at radius 3 is 1.04 bits per heavy atom. The van der Waals surface area contributed by atoms with Crippen LogP contribution in [-0.4, -0.2) is 44.4 Å². The van der Waals surface area contributed by atoms with Gasteiger partial charge in [0.2, 0.25) is 0 Å². The second kappa shape index (κ2) is 39.4. The van der Waals surface area contributed by atoms with Gasteiger partial charge in [-0.1, -0.05) is 200 Å². The molecule has 0 aliphatic heterocycles. The summed E-state index contributed by atoms with van der Waals surface area (Å²) in [5.74, 6) is -1.03. The van der Waals surface area contributed by atoms with Crippen LogP contribution in [0.2, 0.25) is 0 Å². The number of amides is 1. The van der Waals surface area contributed by atoms with Crippen molar-refractivity contribution in [3.8, 4) is 0 Å². The molecule has 0 spiro atoms. The molecule has 0 aromatic carbocycles. The van der Waals surface area contributed by atoms with Crippen molar-refractivity contribution >= 4 is 18.0 Å². The van der Waals surface area contributed by atoms with Crippen LogP contribution in [0.25, 0.3) is 0 Å². The van der Waals surface area contributed by atoms with Crippen LogP contribution in [0, 0.1) is 0 Å². The fourth-order valence-corrected chi connectivity index (χ4v) is 7.01. The summed E-state index contributed by atoms with van der Waals surface area (Å²) in [6.07, 6.45) is 42.2. The van der Waals surface area contributed by atoms with Crippen LogP contribution < -0.4 is 5.32 Å². The summed E-state index contributed by atoms with van der Waals surface area (Å²) >= 11 is 0. The van der Waals surface area contributed by atoms with Crippen molar-refractivity contribution in [3.05, 3.63) is 0 Å². The molecule has 1 unspecified atom stereocenters. The standard InChI is InChI=1S/C44H85NO6/c1-5-7-9-11-13-15-17-19-21-23-25-27-29-31-33-35-37-40(51-44(48)45-41(43(47)50-4)38-39-42(46)49-3)36-34-32-30-28-26-24-22-20-18-16-14-12-10-8-6-2/h40-41H,5-39H2,1-4H3,(H,45,48)/t40?,41-/m1/s1. The maximum atomic E-state index is 12.9. The zero-order chi connectivity index (χ0) is 37.5. The number of hydrogen-bond acceptors (Lipinski definition) is 6. The predicted octanol–water partition coefficient (Wildman–Crippen LogP) is 13.5. The highest BCUT2D eigenvalue weighted by Gasteiger charge is 2.25. The quantitative estimate of drug-likeness (QED) is 0.0386. The molecule has 0 aliphatic carbocycles. The molecule has 2 atom stereocenters. The van der Waals surface area contributed by atoms with Crippen molar-refractivity contribution in [1.29, 1.82) is 0 Å². The molecular formula is C44H85NO6. The van der Waals surface area contributed by atoms with Gasteiger partial charge in [-0.3, -0.25) is 4.79 Å². The van der Waals surface area contributed by atoms with Gasteiger partial charge in [-0.05, 0) is 32.1 Å². The first-order valence-electron chi connectivity index (χ1n) is 22.1. The number of methoxy groups -OCH3 is 2. The van der Waals surface area contributed by atoms with Gasteiger partial charge in [0, 0.05) is 6.42 Å². The number of carbonyl (C=O) groups is 3. The van der Waals surface area contributed by atoms with Crippen LogP contribution >= 0.6 is 0 Å². The van der Waals surface area contributed by atoms with E-state index in [2.05, 4.69) is 23.9 Å². The average molecular weight is 724 g/mol. The first-order valence-corrected chi connectivity index (χ1v) is 22.1. The fraction of sp³-hybridized carbons (Fsp3) is 0.932. The van der Waals surface area contributed by atoms with Gasteiger partial charge in [-0.2, -0.15) is 0 Å². The number of hydrogen-bond donors (Lipinski definition) is 1. The second-order valence-electron chi connectivity index (χ2n) is 15.2. The molecule has 1 N–H and O–H groups in total. The van der Waals surface area contributed by atoms with Gasteiger partial charge in [0.05, 0.1) is 14.2 Å². The minimum absolute atomic E-state index is 0.0122. The zero-order valence-electron chi connectivity index (χ0n) is 34.4. The summed E-state index contributed by atoms with van der Waals surface area (Å²) in [4.78, 5) is 36.7. The van der Waals surface area contributed by atoms with Crippen molar-refractivity contribution < 1.29 is 28.6 Å². The van der Waals surface area contributed by atoms with E-state index in [1.54, 1.807) is 0 Å².